The summed E-state index contributed by atoms with van der Waals surface area (Å²) >= 11 is 0. The van der Waals surface area contributed by atoms with E-state index in [-0.39, 0.29) is 24.5 Å². The molecule has 10 nitrogen and oxygen atoms in total. The Morgan fingerprint density at radius 1 is 1.29 bits per heavy atom. The molecule has 2 atom stereocenters. The van der Waals surface area contributed by atoms with Gasteiger partial charge in [0.1, 0.15) is 22.9 Å². The molecule has 3 aromatic heterocycles. The molecule has 1 amide bonds. The van der Waals surface area contributed by atoms with Crippen molar-refractivity contribution in [3.8, 4) is 11.9 Å². The molecule has 0 bridgehead atoms. The Morgan fingerprint density at radius 2 is 2.14 bits per heavy atom. The van der Waals surface area contributed by atoms with Crippen LogP contribution in [0.4, 0.5) is 5.69 Å². The first-order valence-corrected chi connectivity index (χ1v) is 11.5. The molecule has 0 spiro atoms. The zero-order valence-electron chi connectivity index (χ0n) is 19.8. The quantitative estimate of drug-likeness (QED) is 0.468. The van der Waals surface area contributed by atoms with E-state index in [0.717, 1.165) is 29.3 Å². The molecule has 5 rings (SSSR count). The first-order valence-electron chi connectivity index (χ1n) is 11.5. The number of hydrogen-bond acceptors (Lipinski definition) is 8. The number of nitrogens with zero attached hydrogens (tertiary/aromatic N) is 6. The molecule has 35 heavy (non-hydrogen) atoms. The molecule has 0 saturated carbocycles. The average molecular weight is 472 g/mol. The van der Waals surface area contributed by atoms with Gasteiger partial charge in [-0.15, -0.1) is 0 Å². The van der Waals surface area contributed by atoms with Gasteiger partial charge in [0.2, 0.25) is 11.8 Å². The smallest absolute Gasteiger partial charge is 0.240 e. The standard InChI is InChI=1S/C25H25N7O3/c1-14-8-17(6-7-35-14)32-22(10-23(33)31-21-13-27-15(2)29-25(21)34-3)30-20-12-28-19-5-4-16(11-26)9-18(19)24(20)32/h4-5,9,12-14,17H,6-8,10H2,1-3H3,(H,31,33)/t14?,17-/m1/s1. The van der Waals surface area contributed by atoms with Crippen molar-refractivity contribution in [2.45, 2.75) is 45.3 Å². The highest BCUT2D eigenvalue weighted by atomic mass is 16.5. The van der Waals surface area contributed by atoms with Crippen LogP contribution < -0.4 is 10.1 Å². The predicted octanol–water partition coefficient (Wildman–Crippen LogP) is 3.48. The van der Waals surface area contributed by atoms with Gasteiger partial charge in [0.05, 0.1) is 54.7 Å². The van der Waals surface area contributed by atoms with Crippen LogP contribution >= 0.6 is 0 Å². The molecule has 10 heteroatoms. The third kappa shape index (κ3) is 4.38. The van der Waals surface area contributed by atoms with Gasteiger partial charge in [-0.25, -0.2) is 9.97 Å². The van der Waals surface area contributed by atoms with Crippen LogP contribution in [-0.4, -0.2) is 50.2 Å². The number of hydrogen-bond donors (Lipinski definition) is 1. The molecular formula is C25H25N7O3. The normalized spacial score (nSPS) is 17.9. The zero-order valence-corrected chi connectivity index (χ0v) is 19.8. The van der Waals surface area contributed by atoms with Crippen LogP contribution in [0.5, 0.6) is 5.88 Å². The lowest BCUT2D eigenvalue weighted by atomic mass is 10.0. The molecule has 0 radical (unpaired) electrons. The maximum absolute atomic E-state index is 13.1. The summed E-state index contributed by atoms with van der Waals surface area (Å²) in [7, 11) is 1.50. The molecule has 1 saturated heterocycles. The molecule has 1 aliphatic rings. The molecule has 4 aromatic rings. The summed E-state index contributed by atoms with van der Waals surface area (Å²) in [5.41, 5.74) is 3.29. The molecule has 1 aromatic carbocycles. The molecule has 4 heterocycles. The highest BCUT2D eigenvalue weighted by Gasteiger charge is 2.27. The lowest BCUT2D eigenvalue weighted by Gasteiger charge is -2.30. The second-order valence-electron chi connectivity index (χ2n) is 8.66. The van der Waals surface area contributed by atoms with Crippen LogP contribution in [0.25, 0.3) is 21.9 Å². The van der Waals surface area contributed by atoms with Crippen LogP contribution in [0.3, 0.4) is 0 Å². The number of aryl methyl sites for hydroxylation is 1. The fraction of sp³-hybridized carbons (Fsp3) is 0.360. The minimum atomic E-state index is -0.262. The number of imidazole rings is 1. The number of ether oxygens (including phenoxy) is 2. The van der Waals surface area contributed by atoms with E-state index in [1.54, 1.807) is 19.2 Å². The fourth-order valence-corrected chi connectivity index (χ4v) is 4.65. The van der Waals surface area contributed by atoms with E-state index in [2.05, 4.69) is 37.8 Å². The summed E-state index contributed by atoms with van der Waals surface area (Å²) in [5, 5.41) is 13.2. The lowest BCUT2D eigenvalue weighted by molar-refractivity contribution is -0.115. The van der Waals surface area contributed by atoms with Gasteiger partial charge in [0.25, 0.3) is 0 Å². The van der Waals surface area contributed by atoms with Crippen molar-refractivity contribution >= 4 is 33.5 Å². The molecule has 0 aliphatic carbocycles. The second kappa shape index (κ2) is 9.27. The van der Waals surface area contributed by atoms with Crippen LogP contribution in [0.1, 0.15) is 43.0 Å². The monoisotopic (exact) mass is 471 g/mol. The number of fused-ring (bicyclic) bond motifs is 3. The van der Waals surface area contributed by atoms with Crippen LogP contribution in [0, 0.1) is 18.3 Å². The summed E-state index contributed by atoms with van der Waals surface area (Å²) in [5.74, 6) is 1.21. The third-order valence-corrected chi connectivity index (χ3v) is 6.20. The SMILES string of the molecule is COc1nc(C)ncc1NC(=O)Cc1nc2cnc3ccc(C#N)cc3c2n1[C@@H]1CCOC(C)C1. The maximum Gasteiger partial charge on any atom is 0.240 e. The van der Waals surface area contributed by atoms with Gasteiger partial charge >= 0.3 is 0 Å². The second-order valence-corrected chi connectivity index (χ2v) is 8.66. The molecule has 1 fully saturated rings. The Balaban J connectivity index is 1.59. The third-order valence-electron chi connectivity index (χ3n) is 6.20. The fourth-order valence-electron chi connectivity index (χ4n) is 4.65. The van der Waals surface area contributed by atoms with Crippen molar-refractivity contribution in [3.63, 3.8) is 0 Å². The molecule has 1 unspecified atom stereocenters. The number of aromatic nitrogens is 5. The highest BCUT2D eigenvalue weighted by Crippen LogP contribution is 2.34. The van der Waals surface area contributed by atoms with Crippen molar-refractivity contribution < 1.29 is 14.3 Å². The van der Waals surface area contributed by atoms with Gasteiger partial charge in [-0.1, -0.05) is 0 Å². The zero-order chi connectivity index (χ0) is 24.5. The van der Waals surface area contributed by atoms with E-state index in [4.69, 9.17) is 14.5 Å². The van der Waals surface area contributed by atoms with Gasteiger partial charge in [-0.05, 0) is 44.9 Å². The topological polar surface area (TPSA) is 128 Å². The van der Waals surface area contributed by atoms with Crippen molar-refractivity contribution in [1.29, 1.82) is 5.26 Å². The first-order chi connectivity index (χ1) is 17.0. The number of amides is 1. The Hall–Kier alpha value is -4.10. The Labute approximate surface area is 201 Å². The van der Waals surface area contributed by atoms with Gasteiger partial charge < -0.3 is 19.4 Å². The number of benzene rings is 1. The van der Waals surface area contributed by atoms with Crippen molar-refractivity contribution in [3.05, 3.63) is 47.8 Å². The number of pyridine rings is 1. The van der Waals surface area contributed by atoms with Gasteiger partial charge in [0, 0.05) is 18.0 Å². The largest absolute Gasteiger partial charge is 0.479 e. The average Bonchev–Trinajstić information content (AvgIpc) is 3.23. The minimum absolute atomic E-state index is 0.0386. The van der Waals surface area contributed by atoms with Crippen LogP contribution in [0.2, 0.25) is 0 Å². The van der Waals surface area contributed by atoms with Crippen molar-refractivity contribution in [2.75, 3.05) is 19.0 Å². The van der Waals surface area contributed by atoms with Gasteiger partial charge in [-0.3, -0.25) is 9.78 Å². The van der Waals surface area contributed by atoms with E-state index in [0.29, 0.717) is 40.9 Å². The Bertz CT molecular complexity index is 1470. The van der Waals surface area contributed by atoms with E-state index in [9.17, 15) is 10.1 Å². The van der Waals surface area contributed by atoms with Crippen molar-refractivity contribution in [2.24, 2.45) is 0 Å². The van der Waals surface area contributed by atoms with Crippen LogP contribution in [0.15, 0.2) is 30.6 Å². The molecular weight excluding hydrogens is 446 g/mol. The van der Waals surface area contributed by atoms with E-state index < -0.39 is 0 Å². The first kappa shape index (κ1) is 22.7. The summed E-state index contributed by atoms with van der Waals surface area (Å²) in [4.78, 5) is 30.8. The maximum atomic E-state index is 13.1. The molecule has 1 N–H and O–H groups in total. The number of rotatable bonds is 5. The predicted molar refractivity (Wildman–Crippen MR) is 129 cm³/mol. The number of nitrogens with one attached hydrogen (secondary N) is 1. The number of nitriles is 1. The summed E-state index contributed by atoms with van der Waals surface area (Å²) < 4.78 is 13.2. The minimum Gasteiger partial charge on any atom is -0.479 e. The van der Waals surface area contributed by atoms with Gasteiger partial charge in [-0.2, -0.15) is 10.2 Å². The van der Waals surface area contributed by atoms with Crippen LogP contribution in [-0.2, 0) is 16.0 Å². The summed E-state index contributed by atoms with van der Waals surface area (Å²) in [6, 6.07) is 7.73. The van der Waals surface area contributed by atoms with Crippen molar-refractivity contribution in [1.82, 2.24) is 24.5 Å². The summed E-state index contributed by atoms with van der Waals surface area (Å²) in [6.07, 6.45) is 4.97. The lowest BCUT2D eigenvalue weighted by Crippen LogP contribution is -2.27. The highest BCUT2D eigenvalue weighted by molar-refractivity contribution is 6.03. The van der Waals surface area contributed by atoms with E-state index in [1.165, 1.54) is 13.3 Å². The van der Waals surface area contributed by atoms with E-state index in [1.807, 2.05) is 12.1 Å². The molecule has 1 aliphatic heterocycles. The van der Waals surface area contributed by atoms with E-state index >= 15 is 0 Å². The number of anilines is 1. The number of methoxy groups -OCH3 is 1. The number of carbonyl (C=O) groups excluding carboxylic acids is 1. The Morgan fingerprint density at radius 3 is 2.91 bits per heavy atom. The van der Waals surface area contributed by atoms with Gasteiger partial charge in [0.15, 0.2) is 0 Å². The summed E-state index contributed by atoms with van der Waals surface area (Å²) in [6.45, 7) is 4.43. The Kier molecular flexibility index (Phi) is 6.01. The number of carbonyl (C=O) groups is 1. The molecule has 178 valence electrons.